The molecule has 2 N–H and O–H groups in total. The Morgan fingerprint density at radius 3 is 2.53 bits per heavy atom. The van der Waals surface area contributed by atoms with Crippen LogP contribution in [-0.4, -0.2) is 34.2 Å². The van der Waals surface area contributed by atoms with Crippen LogP contribution in [0.2, 0.25) is 0 Å². The van der Waals surface area contributed by atoms with Gasteiger partial charge in [-0.2, -0.15) is 13.2 Å². The van der Waals surface area contributed by atoms with Gasteiger partial charge in [-0.15, -0.1) is 0 Å². The minimum absolute atomic E-state index is 0.120. The molecule has 2 heterocycles. The number of nitrogens with one attached hydrogen (secondary N) is 2. The van der Waals surface area contributed by atoms with Gasteiger partial charge in [0.05, 0.1) is 30.6 Å². The second-order valence-electron chi connectivity index (χ2n) is 9.26. The number of aromatic nitrogens is 2. The van der Waals surface area contributed by atoms with Gasteiger partial charge in [0.1, 0.15) is 5.60 Å². The first-order chi connectivity index (χ1) is 15.9. The molecule has 0 bridgehead atoms. The third kappa shape index (κ3) is 7.23. The molecule has 186 valence electrons. The van der Waals surface area contributed by atoms with Gasteiger partial charge in [0.15, 0.2) is 5.75 Å². The number of carbonyl (C=O) groups excluding carboxylic acids is 1. The van der Waals surface area contributed by atoms with Gasteiger partial charge < -0.3 is 20.1 Å². The van der Waals surface area contributed by atoms with Crippen LogP contribution >= 0.6 is 0 Å². The summed E-state index contributed by atoms with van der Waals surface area (Å²) in [6.07, 6.45) is 0.724. The van der Waals surface area contributed by atoms with E-state index in [1.807, 2.05) is 27.7 Å². The van der Waals surface area contributed by atoms with Gasteiger partial charge in [-0.3, -0.25) is 4.79 Å². The van der Waals surface area contributed by atoms with E-state index in [4.69, 9.17) is 9.47 Å². The van der Waals surface area contributed by atoms with Crippen molar-refractivity contribution in [3.05, 3.63) is 41.7 Å². The third-order valence-electron chi connectivity index (χ3n) is 5.27. The van der Waals surface area contributed by atoms with Crippen LogP contribution < -0.4 is 15.4 Å². The molecule has 1 aliphatic heterocycles. The smallest absolute Gasteiger partial charge is 0.416 e. The molecule has 34 heavy (non-hydrogen) atoms. The van der Waals surface area contributed by atoms with Gasteiger partial charge in [-0.05, 0) is 63.8 Å². The van der Waals surface area contributed by atoms with E-state index in [1.165, 1.54) is 24.5 Å². The number of hydrogen-bond donors (Lipinski definition) is 2. The van der Waals surface area contributed by atoms with E-state index in [9.17, 15) is 18.0 Å². The van der Waals surface area contributed by atoms with E-state index in [-0.39, 0.29) is 24.5 Å². The molecule has 0 spiro atoms. The maximum atomic E-state index is 13.2. The van der Waals surface area contributed by atoms with Crippen molar-refractivity contribution in [2.24, 2.45) is 0 Å². The summed E-state index contributed by atoms with van der Waals surface area (Å²) in [5, 5.41) is 6.46. The summed E-state index contributed by atoms with van der Waals surface area (Å²) in [7, 11) is 0. The summed E-state index contributed by atoms with van der Waals surface area (Å²) < 4.78 is 50.5. The topological polar surface area (TPSA) is 85.4 Å². The summed E-state index contributed by atoms with van der Waals surface area (Å²) >= 11 is 0. The van der Waals surface area contributed by atoms with Crippen LogP contribution in [0.1, 0.15) is 70.5 Å². The fourth-order valence-corrected chi connectivity index (χ4v) is 3.67. The van der Waals surface area contributed by atoms with Crippen molar-refractivity contribution < 1.29 is 27.4 Å². The van der Waals surface area contributed by atoms with Gasteiger partial charge in [0.25, 0.3) is 0 Å². The fraction of sp³-hybridized carbons (Fsp3) is 0.542. The molecule has 0 radical (unpaired) electrons. The van der Waals surface area contributed by atoms with E-state index >= 15 is 0 Å². The predicted octanol–water partition coefficient (Wildman–Crippen LogP) is 5.74. The number of alkyl halides is 3. The summed E-state index contributed by atoms with van der Waals surface area (Å²) in [4.78, 5) is 20.2. The number of ether oxygens (including phenoxy) is 2. The molecule has 3 rings (SSSR count). The molecule has 7 nitrogen and oxygen atoms in total. The number of halogens is 3. The van der Waals surface area contributed by atoms with Crippen molar-refractivity contribution in [2.75, 3.05) is 17.2 Å². The Morgan fingerprint density at radius 1 is 1.21 bits per heavy atom. The molecule has 0 saturated heterocycles. The SMILES string of the molecule is CC[C@@H]1C[C@H](Nc2ncc(OCCCC(=O)OC(C)(C)C)cn2)c2cc(C(F)(F)F)ccc2N1. The van der Waals surface area contributed by atoms with Crippen molar-refractivity contribution in [3.63, 3.8) is 0 Å². The fourth-order valence-electron chi connectivity index (χ4n) is 3.67. The highest BCUT2D eigenvalue weighted by molar-refractivity contribution is 5.69. The Kier molecular flexibility index (Phi) is 7.89. The second-order valence-corrected chi connectivity index (χ2v) is 9.26. The Hall–Kier alpha value is -3.04. The van der Waals surface area contributed by atoms with Crippen molar-refractivity contribution in [3.8, 4) is 5.75 Å². The van der Waals surface area contributed by atoms with Crippen molar-refractivity contribution in [1.29, 1.82) is 0 Å². The monoisotopic (exact) mass is 480 g/mol. The van der Waals surface area contributed by atoms with Gasteiger partial charge >= 0.3 is 12.1 Å². The van der Waals surface area contributed by atoms with Crippen molar-refractivity contribution in [2.45, 2.75) is 77.2 Å². The zero-order valence-corrected chi connectivity index (χ0v) is 19.8. The van der Waals surface area contributed by atoms with Crippen LogP contribution in [0.15, 0.2) is 30.6 Å². The van der Waals surface area contributed by atoms with E-state index in [0.717, 1.165) is 12.5 Å². The highest BCUT2D eigenvalue weighted by Crippen LogP contribution is 2.39. The molecule has 1 aromatic carbocycles. The molecule has 0 saturated carbocycles. The van der Waals surface area contributed by atoms with Crippen molar-refractivity contribution >= 4 is 17.6 Å². The first-order valence-corrected chi connectivity index (χ1v) is 11.4. The average molecular weight is 481 g/mol. The Labute approximate surface area is 197 Å². The highest BCUT2D eigenvalue weighted by atomic mass is 19.4. The maximum Gasteiger partial charge on any atom is 0.416 e. The molecule has 1 aromatic heterocycles. The van der Waals surface area contributed by atoms with Gasteiger partial charge in [-0.25, -0.2) is 9.97 Å². The molecule has 2 atom stereocenters. The summed E-state index contributed by atoms with van der Waals surface area (Å²) in [5.41, 5.74) is -0.000368. The zero-order valence-electron chi connectivity index (χ0n) is 19.8. The normalized spacial score (nSPS) is 18.0. The van der Waals surface area contributed by atoms with Gasteiger partial charge in [0.2, 0.25) is 5.95 Å². The largest absolute Gasteiger partial charge is 0.490 e. The number of rotatable bonds is 8. The molecular weight excluding hydrogens is 449 g/mol. The average Bonchev–Trinajstić information content (AvgIpc) is 2.75. The lowest BCUT2D eigenvalue weighted by molar-refractivity contribution is -0.155. The molecule has 0 aliphatic carbocycles. The number of anilines is 2. The molecule has 2 aromatic rings. The number of nitrogens with zero attached hydrogens (tertiary/aromatic N) is 2. The lowest BCUT2D eigenvalue weighted by Gasteiger charge is -2.33. The molecule has 10 heteroatoms. The number of fused-ring (bicyclic) bond motifs is 1. The van der Waals surface area contributed by atoms with Gasteiger partial charge in [0, 0.05) is 18.2 Å². The maximum absolute atomic E-state index is 13.2. The lowest BCUT2D eigenvalue weighted by Crippen LogP contribution is -2.31. The molecule has 1 aliphatic rings. The Balaban J connectivity index is 1.60. The number of benzene rings is 1. The Bertz CT molecular complexity index is 975. The number of carbonyl (C=O) groups is 1. The quantitative estimate of drug-likeness (QED) is 0.368. The summed E-state index contributed by atoms with van der Waals surface area (Å²) in [5.74, 6) is 0.450. The van der Waals surface area contributed by atoms with Crippen LogP contribution in [0, 0.1) is 0 Å². The lowest BCUT2D eigenvalue weighted by atomic mass is 9.90. The zero-order chi connectivity index (χ0) is 24.9. The number of hydrogen-bond acceptors (Lipinski definition) is 7. The van der Waals surface area contributed by atoms with Crippen LogP contribution in [0.3, 0.4) is 0 Å². The standard InChI is InChI=1S/C24H31F3N4O3/c1-5-16-12-20(18-11-15(24(25,26)27)8-9-19(18)30-16)31-22-28-13-17(14-29-22)33-10-6-7-21(32)34-23(2,3)4/h8-9,11,13-14,16,20,30H,5-7,10,12H2,1-4H3,(H,28,29,31)/t16-,20+/m1/s1. The van der Waals surface area contributed by atoms with E-state index < -0.39 is 17.3 Å². The Morgan fingerprint density at radius 2 is 1.91 bits per heavy atom. The predicted molar refractivity (Wildman–Crippen MR) is 123 cm³/mol. The van der Waals surface area contributed by atoms with E-state index in [1.54, 1.807) is 0 Å². The molecule has 0 unspecified atom stereocenters. The summed E-state index contributed by atoms with van der Waals surface area (Å²) in [6, 6.07) is 3.49. The first kappa shape index (κ1) is 25.6. The summed E-state index contributed by atoms with van der Waals surface area (Å²) in [6.45, 7) is 7.77. The number of esters is 1. The van der Waals surface area contributed by atoms with Crippen molar-refractivity contribution in [1.82, 2.24) is 9.97 Å². The highest BCUT2D eigenvalue weighted by Gasteiger charge is 2.34. The van der Waals surface area contributed by atoms with E-state index in [0.29, 0.717) is 42.4 Å². The van der Waals surface area contributed by atoms with E-state index in [2.05, 4.69) is 20.6 Å². The van der Waals surface area contributed by atoms with Gasteiger partial charge in [-0.1, -0.05) is 6.92 Å². The molecular formula is C24H31F3N4O3. The molecule has 0 fully saturated rings. The minimum Gasteiger partial charge on any atom is -0.490 e. The third-order valence-corrected chi connectivity index (χ3v) is 5.27. The minimum atomic E-state index is -4.42. The molecule has 0 amide bonds. The second kappa shape index (κ2) is 10.5. The van der Waals surface area contributed by atoms with Crippen LogP contribution in [0.25, 0.3) is 0 Å². The van der Waals surface area contributed by atoms with Crippen LogP contribution in [0.5, 0.6) is 5.75 Å². The van der Waals surface area contributed by atoms with Crippen LogP contribution in [-0.2, 0) is 15.7 Å². The van der Waals surface area contributed by atoms with Crippen LogP contribution in [0.4, 0.5) is 24.8 Å². The first-order valence-electron chi connectivity index (χ1n) is 11.4.